The van der Waals surface area contributed by atoms with E-state index < -0.39 is 5.60 Å². The van der Waals surface area contributed by atoms with E-state index in [1.54, 1.807) is 11.1 Å². The van der Waals surface area contributed by atoms with Gasteiger partial charge in [-0.15, -0.1) is 11.3 Å². The summed E-state index contributed by atoms with van der Waals surface area (Å²) in [7, 11) is 3.88. The van der Waals surface area contributed by atoms with E-state index in [2.05, 4.69) is 9.88 Å². The van der Waals surface area contributed by atoms with Gasteiger partial charge in [0, 0.05) is 13.1 Å². The summed E-state index contributed by atoms with van der Waals surface area (Å²) in [6, 6.07) is 0. The molecule has 7 heteroatoms. The maximum Gasteiger partial charge on any atom is 0.265 e. The molecule has 3 rings (SSSR count). The molecule has 2 aliphatic heterocycles. The number of amides is 1. The lowest BCUT2D eigenvalue weighted by atomic mass is 10.0. The van der Waals surface area contributed by atoms with Gasteiger partial charge in [0.05, 0.1) is 24.9 Å². The van der Waals surface area contributed by atoms with Crippen molar-refractivity contribution in [1.29, 1.82) is 0 Å². The van der Waals surface area contributed by atoms with Crippen molar-refractivity contribution in [3.8, 4) is 0 Å². The number of aromatic nitrogens is 1. The number of carbonyl (C=O) groups is 1. The lowest BCUT2D eigenvalue weighted by Gasteiger charge is -2.26. The van der Waals surface area contributed by atoms with Crippen LogP contribution in [0.2, 0.25) is 0 Å². The highest BCUT2D eigenvalue weighted by Crippen LogP contribution is 2.26. The Bertz CT molecular complexity index is 556. The Morgan fingerprint density at radius 3 is 2.83 bits per heavy atom. The third kappa shape index (κ3) is 4.09. The topological polar surface area (TPSA) is 59.9 Å². The van der Waals surface area contributed by atoms with Crippen molar-refractivity contribution in [1.82, 2.24) is 19.7 Å². The molecule has 0 spiro atoms. The van der Waals surface area contributed by atoms with Crippen LogP contribution in [0.3, 0.4) is 0 Å². The van der Waals surface area contributed by atoms with E-state index in [0.29, 0.717) is 30.9 Å². The van der Waals surface area contributed by atoms with Crippen molar-refractivity contribution < 1.29 is 9.90 Å². The molecular formula is C16H26N4O2S. The minimum Gasteiger partial charge on any atom is -0.387 e. The number of nitrogens with zero attached hydrogens (tertiary/aromatic N) is 4. The number of carbonyl (C=O) groups excluding carboxylic acids is 1. The summed E-state index contributed by atoms with van der Waals surface area (Å²) in [5.41, 5.74) is -0.789. The number of thiazole rings is 1. The predicted molar refractivity (Wildman–Crippen MR) is 90.6 cm³/mol. The molecule has 128 valence electrons. The summed E-state index contributed by atoms with van der Waals surface area (Å²) in [6.07, 6.45) is 4.85. The van der Waals surface area contributed by atoms with E-state index in [0.717, 1.165) is 24.6 Å². The van der Waals surface area contributed by atoms with Crippen molar-refractivity contribution in [2.75, 3.05) is 46.8 Å². The highest BCUT2D eigenvalue weighted by atomic mass is 32.1. The molecule has 1 aromatic rings. The van der Waals surface area contributed by atoms with E-state index in [-0.39, 0.29) is 5.91 Å². The first-order valence-corrected chi connectivity index (χ1v) is 9.10. The fourth-order valence-electron chi connectivity index (χ4n) is 3.52. The molecule has 0 bridgehead atoms. The van der Waals surface area contributed by atoms with Crippen LogP contribution >= 0.6 is 11.3 Å². The zero-order valence-corrected chi connectivity index (χ0v) is 14.8. The Labute approximate surface area is 141 Å². The number of likely N-dealkylation sites (tertiary alicyclic amines) is 2. The molecule has 3 heterocycles. The lowest BCUT2D eigenvalue weighted by molar-refractivity contribution is 0.0237. The summed E-state index contributed by atoms with van der Waals surface area (Å²) < 4.78 is 0. The minimum absolute atomic E-state index is 0.00449. The van der Waals surface area contributed by atoms with Crippen LogP contribution in [0.1, 0.15) is 33.9 Å². The molecule has 1 atom stereocenters. The van der Waals surface area contributed by atoms with Crippen LogP contribution in [0.25, 0.3) is 0 Å². The van der Waals surface area contributed by atoms with Gasteiger partial charge in [0.15, 0.2) is 0 Å². The highest BCUT2D eigenvalue weighted by molar-refractivity contribution is 7.13. The van der Waals surface area contributed by atoms with E-state index in [9.17, 15) is 9.90 Å². The van der Waals surface area contributed by atoms with Gasteiger partial charge in [-0.25, -0.2) is 4.98 Å². The fourth-order valence-corrected chi connectivity index (χ4v) is 4.45. The Morgan fingerprint density at radius 1 is 1.39 bits per heavy atom. The molecule has 0 aliphatic carbocycles. The van der Waals surface area contributed by atoms with E-state index in [1.165, 1.54) is 24.2 Å². The van der Waals surface area contributed by atoms with Crippen molar-refractivity contribution >= 4 is 17.2 Å². The molecule has 1 aromatic heterocycles. The summed E-state index contributed by atoms with van der Waals surface area (Å²) in [6.45, 7) is 4.72. The third-order valence-corrected chi connectivity index (χ3v) is 5.52. The van der Waals surface area contributed by atoms with Crippen molar-refractivity contribution in [2.24, 2.45) is 0 Å². The molecule has 6 nitrogen and oxygen atoms in total. The molecule has 0 aromatic carbocycles. The number of aliphatic hydroxyl groups is 1. The van der Waals surface area contributed by atoms with Crippen molar-refractivity contribution in [3.05, 3.63) is 16.1 Å². The average Bonchev–Trinajstić information content (AvgIpc) is 3.19. The van der Waals surface area contributed by atoms with Gasteiger partial charge >= 0.3 is 0 Å². The molecule has 0 radical (unpaired) electrons. The maximum atomic E-state index is 12.6. The monoisotopic (exact) mass is 338 g/mol. The Hall–Kier alpha value is -1.02. The molecule has 0 saturated carbocycles. The van der Waals surface area contributed by atoms with Gasteiger partial charge < -0.3 is 14.9 Å². The Kier molecular flexibility index (Phi) is 5.01. The standard InChI is InChI=1S/C16H26N4O2S/c1-18(2)11-16(22)5-8-20(12-16)15(21)13-9-17-14(23-13)10-19-6-3-4-7-19/h9,22H,3-8,10-12H2,1-2H3/t16-/m1/s1. The average molecular weight is 338 g/mol. The predicted octanol–water partition coefficient (Wildman–Crippen LogP) is 0.877. The summed E-state index contributed by atoms with van der Waals surface area (Å²) in [4.78, 5) is 23.8. The van der Waals surface area contributed by atoms with Crippen molar-refractivity contribution in [3.63, 3.8) is 0 Å². The largest absolute Gasteiger partial charge is 0.387 e. The number of hydrogen-bond donors (Lipinski definition) is 1. The first-order chi connectivity index (χ1) is 11.0. The molecule has 2 fully saturated rings. The Balaban J connectivity index is 1.59. The summed E-state index contributed by atoms with van der Waals surface area (Å²) >= 11 is 1.49. The molecule has 2 aliphatic rings. The lowest BCUT2D eigenvalue weighted by Crippen LogP contribution is -2.43. The van der Waals surface area contributed by atoms with Gasteiger partial charge in [0.2, 0.25) is 0 Å². The van der Waals surface area contributed by atoms with Crippen molar-refractivity contribution in [2.45, 2.75) is 31.4 Å². The van der Waals surface area contributed by atoms with Crippen LogP contribution in [-0.4, -0.2) is 83.1 Å². The van der Waals surface area contributed by atoms with Crippen LogP contribution < -0.4 is 0 Å². The number of rotatable bonds is 5. The summed E-state index contributed by atoms with van der Waals surface area (Å²) in [5.74, 6) is 0.00449. The zero-order chi connectivity index (χ0) is 16.4. The first kappa shape index (κ1) is 16.8. The van der Waals surface area contributed by atoms with E-state index in [1.807, 2.05) is 19.0 Å². The van der Waals surface area contributed by atoms with Crippen LogP contribution in [0.15, 0.2) is 6.20 Å². The van der Waals surface area contributed by atoms with Gasteiger partial charge in [0.1, 0.15) is 9.88 Å². The third-order valence-electron chi connectivity index (χ3n) is 4.55. The minimum atomic E-state index is -0.789. The van der Waals surface area contributed by atoms with Gasteiger partial charge in [-0.3, -0.25) is 9.69 Å². The summed E-state index contributed by atoms with van der Waals surface area (Å²) in [5, 5.41) is 11.6. The second-order valence-electron chi connectivity index (χ2n) is 7.04. The molecular weight excluding hydrogens is 312 g/mol. The molecule has 1 N–H and O–H groups in total. The van der Waals surface area contributed by atoms with E-state index >= 15 is 0 Å². The Morgan fingerprint density at radius 2 is 2.13 bits per heavy atom. The van der Waals surface area contributed by atoms with Gasteiger partial charge in [-0.2, -0.15) is 0 Å². The van der Waals surface area contributed by atoms with Crippen LogP contribution in [0.5, 0.6) is 0 Å². The zero-order valence-electron chi connectivity index (χ0n) is 14.0. The first-order valence-electron chi connectivity index (χ1n) is 8.29. The van der Waals surface area contributed by atoms with E-state index in [4.69, 9.17) is 0 Å². The second kappa shape index (κ2) is 6.84. The number of likely N-dealkylation sites (N-methyl/N-ethyl adjacent to an activating group) is 1. The number of hydrogen-bond acceptors (Lipinski definition) is 6. The molecule has 0 unspecified atom stereocenters. The van der Waals surface area contributed by atoms with Gasteiger partial charge in [-0.05, 0) is 46.4 Å². The number of β-amino-alcohol motifs (C(OH)–C–C–N with tert-alkyl or cyclic N) is 1. The molecule has 2 saturated heterocycles. The van der Waals surface area contributed by atoms with Crippen LogP contribution in [0.4, 0.5) is 0 Å². The maximum absolute atomic E-state index is 12.6. The quantitative estimate of drug-likeness (QED) is 0.864. The fraction of sp³-hybridized carbons (Fsp3) is 0.750. The SMILES string of the molecule is CN(C)C[C@]1(O)CCN(C(=O)c2cnc(CN3CCCC3)s2)C1. The molecule has 23 heavy (non-hydrogen) atoms. The van der Waals surface area contributed by atoms with Crippen LogP contribution in [0, 0.1) is 0 Å². The molecule has 1 amide bonds. The van der Waals surface area contributed by atoms with Gasteiger partial charge in [0.25, 0.3) is 5.91 Å². The highest BCUT2D eigenvalue weighted by Gasteiger charge is 2.39. The second-order valence-corrected chi connectivity index (χ2v) is 8.16. The normalized spacial score (nSPS) is 25.7. The van der Waals surface area contributed by atoms with Gasteiger partial charge in [-0.1, -0.05) is 0 Å². The van der Waals surface area contributed by atoms with Crippen LogP contribution in [-0.2, 0) is 6.54 Å². The smallest absolute Gasteiger partial charge is 0.265 e.